The lowest BCUT2D eigenvalue weighted by atomic mass is 9.83. The fraction of sp³-hybridized carbons (Fsp3) is 0.583. The molecule has 0 fully saturated rings. The Labute approximate surface area is 115 Å². The number of esters is 1. The molecular weight excluding hydrogens is 302 g/mol. The average molecular weight is 320 g/mol. The molecule has 3 nitrogen and oxygen atoms in total. The van der Waals surface area contributed by atoms with Crippen LogP contribution >= 0.6 is 27.3 Å². The topological polar surface area (TPSA) is 29.5 Å². The molecule has 0 bridgehead atoms. The van der Waals surface area contributed by atoms with Gasteiger partial charge >= 0.3 is 5.97 Å². The van der Waals surface area contributed by atoms with Crippen LogP contribution in [0.15, 0.2) is 15.9 Å². The Bertz CT molecular complexity index is 401. The van der Waals surface area contributed by atoms with Crippen LogP contribution < -0.4 is 0 Å². The van der Waals surface area contributed by atoms with Gasteiger partial charge in [-0.05, 0) is 49.9 Å². The van der Waals surface area contributed by atoms with Gasteiger partial charge in [0, 0.05) is 14.7 Å². The van der Waals surface area contributed by atoms with Crippen LogP contribution in [0.1, 0.15) is 24.8 Å². The highest BCUT2D eigenvalue weighted by atomic mass is 79.9. The van der Waals surface area contributed by atoms with Crippen molar-refractivity contribution in [1.82, 2.24) is 4.90 Å². The normalized spacial score (nSPS) is 13.8. The lowest BCUT2D eigenvalue weighted by Crippen LogP contribution is -2.39. The number of ether oxygens (including phenoxy) is 1. The van der Waals surface area contributed by atoms with E-state index in [1.165, 1.54) is 7.11 Å². The first-order valence-electron chi connectivity index (χ1n) is 5.29. The second kappa shape index (κ2) is 5.50. The summed E-state index contributed by atoms with van der Waals surface area (Å²) >= 11 is 5.09. The van der Waals surface area contributed by atoms with Crippen molar-refractivity contribution in [3.8, 4) is 0 Å². The van der Waals surface area contributed by atoms with Gasteiger partial charge in [0.05, 0.1) is 18.6 Å². The van der Waals surface area contributed by atoms with E-state index in [4.69, 9.17) is 4.74 Å². The first-order chi connectivity index (χ1) is 7.80. The second-order valence-corrected chi connectivity index (χ2v) is 6.61. The minimum Gasteiger partial charge on any atom is -0.469 e. The molecule has 1 aromatic heterocycles. The van der Waals surface area contributed by atoms with Gasteiger partial charge in [-0.2, -0.15) is 0 Å². The predicted molar refractivity (Wildman–Crippen MR) is 74.2 cm³/mol. The van der Waals surface area contributed by atoms with Gasteiger partial charge in [0.25, 0.3) is 0 Å². The van der Waals surface area contributed by atoms with Crippen LogP contribution in [0, 0.1) is 5.41 Å². The largest absolute Gasteiger partial charge is 0.469 e. The number of methoxy groups -OCH3 is 1. The number of hydrogen-bond donors (Lipinski definition) is 0. The summed E-state index contributed by atoms with van der Waals surface area (Å²) in [6.07, 6.45) is 0. The van der Waals surface area contributed by atoms with Crippen molar-refractivity contribution >= 4 is 33.2 Å². The summed E-state index contributed by atoms with van der Waals surface area (Å²) in [7, 11) is 5.38. The fourth-order valence-electron chi connectivity index (χ4n) is 2.10. The molecule has 0 aliphatic carbocycles. The van der Waals surface area contributed by atoms with Crippen molar-refractivity contribution < 1.29 is 9.53 Å². The molecule has 17 heavy (non-hydrogen) atoms. The van der Waals surface area contributed by atoms with E-state index in [9.17, 15) is 4.79 Å². The van der Waals surface area contributed by atoms with Gasteiger partial charge < -0.3 is 9.64 Å². The lowest BCUT2D eigenvalue weighted by molar-refractivity contribution is -0.154. The van der Waals surface area contributed by atoms with Gasteiger partial charge in [-0.25, -0.2) is 0 Å². The van der Waals surface area contributed by atoms with Gasteiger partial charge in [-0.15, -0.1) is 11.3 Å². The summed E-state index contributed by atoms with van der Waals surface area (Å²) < 4.78 is 5.95. The molecular formula is C12H18BrNO2S. The summed E-state index contributed by atoms with van der Waals surface area (Å²) in [5.74, 6) is -0.194. The molecule has 1 rings (SSSR count). The van der Waals surface area contributed by atoms with Crippen LogP contribution in [-0.4, -0.2) is 32.1 Å². The monoisotopic (exact) mass is 319 g/mol. The Kier molecular flexibility index (Phi) is 4.75. The molecule has 1 heterocycles. The number of nitrogens with zero attached hydrogens (tertiary/aromatic N) is 1. The van der Waals surface area contributed by atoms with E-state index in [2.05, 4.69) is 26.9 Å². The number of carbonyl (C=O) groups excluding carboxylic acids is 1. The molecule has 1 aromatic rings. The highest BCUT2D eigenvalue weighted by molar-refractivity contribution is 9.10. The average Bonchev–Trinajstić information content (AvgIpc) is 2.62. The van der Waals surface area contributed by atoms with E-state index in [1.54, 1.807) is 11.3 Å². The summed E-state index contributed by atoms with van der Waals surface area (Å²) in [6, 6.07) is 2.06. The molecule has 0 radical (unpaired) electrons. The van der Waals surface area contributed by atoms with Crippen molar-refractivity contribution in [3.05, 3.63) is 20.8 Å². The molecule has 1 unspecified atom stereocenters. The number of thiophene rings is 1. The Morgan fingerprint density at radius 1 is 1.53 bits per heavy atom. The Morgan fingerprint density at radius 2 is 2.12 bits per heavy atom. The van der Waals surface area contributed by atoms with Crippen LogP contribution in [0.5, 0.6) is 0 Å². The molecule has 5 heteroatoms. The van der Waals surface area contributed by atoms with E-state index < -0.39 is 5.41 Å². The maximum absolute atomic E-state index is 11.9. The van der Waals surface area contributed by atoms with E-state index >= 15 is 0 Å². The quantitative estimate of drug-likeness (QED) is 0.797. The molecule has 0 aliphatic heterocycles. The van der Waals surface area contributed by atoms with Gasteiger partial charge in [-0.3, -0.25) is 4.79 Å². The maximum atomic E-state index is 11.9. The summed E-state index contributed by atoms with van der Waals surface area (Å²) in [5.41, 5.74) is -0.581. The van der Waals surface area contributed by atoms with Crippen LogP contribution in [0.4, 0.5) is 0 Å². The summed E-state index contributed by atoms with van der Waals surface area (Å²) in [6.45, 7) is 3.83. The standard InChI is InChI=1S/C12H18BrNO2S/c1-12(2,11(15)16-5)10(14(3)4)9-6-8(13)7-17-9/h6-7,10H,1-5H3. The second-order valence-electron chi connectivity index (χ2n) is 4.75. The van der Waals surface area contributed by atoms with Crippen LogP contribution in [0.2, 0.25) is 0 Å². The first kappa shape index (κ1) is 14.7. The van der Waals surface area contributed by atoms with E-state index in [0.29, 0.717) is 0 Å². The summed E-state index contributed by atoms with van der Waals surface area (Å²) in [5, 5.41) is 2.03. The third-order valence-corrected chi connectivity index (χ3v) is 4.51. The summed E-state index contributed by atoms with van der Waals surface area (Å²) in [4.78, 5) is 15.1. The molecule has 96 valence electrons. The Morgan fingerprint density at radius 3 is 2.47 bits per heavy atom. The molecule has 0 aromatic carbocycles. The third-order valence-electron chi connectivity index (χ3n) is 2.77. The van der Waals surface area contributed by atoms with E-state index in [-0.39, 0.29) is 12.0 Å². The SMILES string of the molecule is COC(=O)C(C)(C)C(c1cc(Br)cs1)N(C)C. The number of halogens is 1. The van der Waals surface area contributed by atoms with E-state index in [0.717, 1.165) is 9.35 Å². The van der Waals surface area contributed by atoms with Crippen LogP contribution in [0.25, 0.3) is 0 Å². The molecule has 0 aliphatic rings. The lowest BCUT2D eigenvalue weighted by Gasteiger charge is -2.35. The van der Waals surface area contributed by atoms with Crippen molar-refractivity contribution in [2.45, 2.75) is 19.9 Å². The zero-order valence-corrected chi connectivity index (χ0v) is 13.2. The minimum absolute atomic E-state index is 0.00579. The molecule has 0 spiro atoms. The van der Waals surface area contributed by atoms with Gasteiger partial charge in [0.2, 0.25) is 0 Å². The van der Waals surface area contributed by atoms with Gasteiger partial charge in [0.15, 0.2) is 0 Å². The van der Waals surface area contributed by atoms with Gasteiger partial charge in [0.1, 0.15) is 0 Å². The molecule has 1 atom stereocenters. The van der Waals surface area contributed by atoms with Crippen molar-refractivity contribution in [3.63, 3.8) is 0 Å². The number of rotatable bonds is 4. The number of carbonyl (C=O) groups is 1. The van der Waals surface area contributed by atoms with Crippen molar-refractivity contribution in [2.24, 2.45) is 5.41 Å². The molecule has 0 saturated carbocycles. The smallest absolute Gasteiger partial charge is 0.313 e. The molecule has 0 N–H and O–H groups in total. The molecule has 0 saturated heterocycles. The van der Waals surface area contributed by atoms with Crippen molar-refractivity contribution in [2.75, 3.05) is 21.2 Å². The highest BCUT2D eigenvalue weighted by Crippen LogP contribution is 2.41. The zero-order valence-electron chi connectivity index (χ0n) is 10.8. The zero-order chi connectivity index (χ0) is 13.2. The van der Waals surface area contributed by atoms with Crippen LogP contribution in [-0.2, 0) is 9.53 Å². The van der Waals surface area contributed by atoms with Gasteiger partial charge in [-0.1, -0.05) is 0 Å². The maximum Gasteiger partial charge on any atom is 0.313 e. The molecule has 0 amide bonds. The minimum atomic E-state index is -0.581. The predicted octanol–water partition coefficient (Wildman–Crippen LogP) is 3.31. The third kappa shape index (κ3) is 3.09. The Balaban J connectivity index is 3.14. The highest BCUT2D eigenvalue weighted by Gasteiger charge is 2.40. The first-order valence-corrected chi connectivity index (χ1v) is 6.96. The Hall–Kier alpha value is -0.390. The number of hydrogen-bond acceptors (Lipinski definition) is 4. The fourth-order valence-corrected chi connectivity index (χ4v) is 3.93. The van der Waals surface area contributed by atoms with Crippen LogP contribution in [0.3, 0.4) is 0 Å². The van der Waals surface area contributed by atoms with E-state index in [1.807, 2.05) is 33.3 Å². The van der Waals surface area contributed by atoms with Crippen molar-refractivity contribution in [1.29, 1.82) is 0 Å².